The van der Waals surface area contributed by atoms with Gasteiger partial charge in [-0.15, -0.1) is 11.3 Å². The number of carbonyl (C=O) groups excluding carboxylic acids is 2. The number of amides is 1. The number of carbonyl (C=O) groups is 2. The van der Waals surface area contributed by atoms with Crippen LogP contribution in [-0.2, 0) is 32.5 Å². The summed E-state index contributed by atoms with van der Waals surface area (Å²) in [6.45, 7) is 0.601. The number of hydrogen-bond donors (Lipinski definition) is 1. The van der Waals surface area contributed by atoms with E-state index in [1.54, 1.807) is 17.0 Å². The van der Waals surface area contributed by atoms with E-state index in [0.717, 1.165) is 29.7 Å². The van der Waals surface area contributed by atoms with Crippen molar-refractivity contribution in [1.82, 2.24) is 9.62 Å². The summed E-state index contributed by atoms with van der Waals surface area (Å²) in [7, 11) is -2.60. The Kier molecular flexibility index (Phi) is 6.20. The van der Waals surface area contributed by atoms with E-state index in [2.05, 4.69) is 4.72 Å². The predicted octanol–water partition coefficient (Wildman–Crippen LogP) is 3.23. The van der Waals surface area contributed by atoms with Crippen LogP contribution in [0.15, 0.2) is 34.6 Å². The second kappa shape index (κ2) is 8.74. The van der Waals surface area contributed by atoms with Crippen LogP contribution in [0.4, 0.5) is 0 Å². The monoisotopic (exact) mass is 480 g/mol. The van der Waals surface area contributed by atoms with Crippen molar-refractivity contribution in [2.75, 3.05) is 13.7 Å². The number of ether oxygens (including phenoxy) is 1. The first-order chi connectivity index (χ1) is 14.8. The average Bonchev–Trinajstić information content (AvgIpc) is 3.46. The summed E-state index contributed by atoms with van der Waals surface area (Å²) in [6.07, 6.45) is 5.06. The van der Waals surface area contributed by atoms with Crippen molar-refractivity contribution in [3.8, 4) is 0 Å². The molecule has 1 aliphatic carbocycles. The summed E-state index contributed by atoms with van der Waals surface area (Å²) in [5.41, 5.74) is 1.47. The number of thiophene rings is 1. The van der Waals surface area contributed by atoms with E-state index in [1.807, 2.05) is 18.2 Å². The van der Waals surface area contributed by atoms with Gasteiger partial charge in [-0.25, -0.2) is 17.9 Å². The maximum absolute atomic E-state index is 12.8. The molecule has 1 aliphatic heterocycles. The molecule has 2 aromatic rings. The fourth-order valence-corrected chi connectivity index (χ4v) is 6.84. The minimum Gasteiger partial charge on any atom is -0.465 e. The molecule has 0 unspecified atom stereocenters. The first-order valence-electron chi connectivity index (χ1n) is 9.77. The zero-order valence-electron chi connectivity index (χ0n) is 16.8. The number of halogens is 1. The first-order valence-corrected chi connectivity index (χ1v) is 12.4. The van der Waals surface area contributed by atoms with Gasteiger partial charge in [0.25, 0.3) is 10.0 Å². The Labute approximate surface area is 189 Å². The zero-order valence-corrected chi connectivity index (χ0v) is 19.1. The number of nitrogens with one attached hydrogen (secondary N) is 1. The molecule has 2 heterocycles. The molecule has 164 valence electrons. The molecule has 1 aromatic heterocycles. The molecule has 1 N–H and O–H groups in total. The van der Waals surface area contributed by atoms with Gasteiger partial charge < -0.3 is 9.64 Å². The van der Waals surface area contributed by atoms with Crippen LogP contribution in [0.2, 0.25) is 5.02 Å². The van der Waals surface area contributed by atoms with Crippen molar-refractivity contribution in [2.45, 2.75) is 36.1 Å². The van der Waals surface area contributed by atoms with Gasteiger partial charge in [-0.3, -0.25) is 4.79 Å². The number of esters is 1. The van der Waals surface area contributed by atoms with Gasteiger partial charge in [0.1, 0.15) is 4.21 Å². The Balaban J connectivity index is 1.59. The van der Waals surface area contributed by atoms with Crippen LogP contribution >= 0.6 is 22.9 Å². The number of hydrogen-bond acceptors (Lipinski definition) is 6. The number of fused-ring (bicyclic) bond motifs is 1. The summed E-state index contributed by atoms with van der Waals surface area (Å²) in [5, 5.41) is 0.548. The van der Waals surface area contributed by atoms with Gasteiger partial charge in [-0.1, -0.05) is 29.8 Å². The summed E-state index contributed by atoms with van der Waals surface area (Å²) in [6, 6.07) is 7.12. The van der Waals surface area contributed by atoms with E-state index in [9.17, 15) is 18.0 Å². The minimum atomic E-state index is -3.83. The molecule has 0 saturated heterocycles. The van der Waals surface area contributed by atoms with Crippen molar-refractivity contribution in [1.29, 1.82) is 0 Å². The van der Waals surface area contributed by atoms with Gasteiger partial charge in [0.05, 0.1) is 19.2 Å². The van der Waals surface area contributed by atoms with Crippen molar-refractivity contribution >= 4 is 50.9 Å². The molecule has 4 rings (SSSR count). The van der Waals surface area contributed by atoms with E-state index >= 15 is 0 Å². The van der Waals surface area contributed by atoms with Gasteiger partial charge in [-0.05, 0) is 42.5 Å². The molecule has 10 heteroatoms. The quantitative estimate of drug-likeness (QED) is 0.506. The van der Waals surface area contributed by atoms with Crippen LogP contribution in [0.1, 0.15) is 39.2 Å². The highest BCUT2D eigenvalue weighted by atomic mass is 35.5. The van der Waals surface area contributed by atoms with Crippen molar-refractivity contribution in [2.24, 2.45) is 0 Å². The summed E-state index contributed by atoms with van der Waals surface area (Å²) < 4.78 is 33.1. The number of rotatable bonds is 6. The molecule has 1 amide bonds. The number of nitrogens with zero attached hydrogens (tertiary/aromatic N) is 1. The maximum Gasteiger partial charge on any atom is 0.340 e. The molecule has 0 atom stereocenters. The highest BCUT2D eigenvalue weighted by Crippen LogP contribution is 2.37. The zero-order chi connectivity index (χ0) is 22.2. The average molecular weight is 481 g/mol. The van der Waals surface area contributed by atoms with Gasteiger partial charge >= 0.3 is 5.97 Å². The molecule has 1 saturated carbocycles. The van der Waals surface area contributed by atoms with Crippen molar-refractivity contribution in [3.63, 3.8) is 0 Å². The Bertz CT molecular complexity index is 1170. The summed E-state index contributed by atoms with van der Waals surface area (Å²) in [5.74, 6) is -0.883. The lowest BCUT2D eigenvalue weighted by molar-refractivity contribution is -0.126. The standard InChI is InChI=1S/C21H21ClN2O5S2/c1-29-20(26)19-15-10-11-24(18(25)9-6-13-4-2-3-5-16(13)22)12-17(15)30-21(19)31(27,28)23-14-7-8-14/h2-6,9,14,23H,7-8,10-12H2,1H3/b9-6+. The molecule has 1 fully saturated rings. The summed E-state index contributed by atoms with van der Waals surface area (Å²) >= 11 is 7.16. The lowest BCUT2D eigenvalue weighted by atomic mass is 10.0. The molecule has 31 heavy (non-hydrogen) atoms. The molecule has 7 nitrogen and oxygen atoms in total. The third kappa shape index (κ3) is 4.69. The Morgan fingerprint density at radius 3 is 2.71 bits per heavy atom. The fraction of sp³-hybridized carbons (Fsp3) is 0.333. The van der Waals surface area contributed by atoms with Gasteiger partial charge in [0.15, 0.2) is 0 Å². The molecule has 0 radical (unpaired) electrons. The third-order valence-corrected chi connectivity index (χ3v) is 8.78. The van der Waals surface area contributed by atoms with E-state index in [4.69, 9.17) is 16.3 Å². The topological polar surface area (TPSA) is 92.8 Å². The normalized spacial score (nSPS) is 16.4. The maximum atomic E-state index is 12.8. The smallest absolute Gasteiger partial charge is 0.340 e. The van der Waals surface area contributed by atoms with Crippen LogP contribution in [-0.4, -0.2) is 44.9 Å². The largest absolute Gasteiger partial charge is 0.465 e. The van der Waals surface area contributed by atoms with E-state index in [1.165, 1.54) is 13.2 Å². The Morgan fingerprint density at radius 2 is 2.03 bits per heavy atom. The summed E-state index contributed by atoms with van der Waals surface area (Å²) in [4.78, 5) is 27.4. The number of methoxy groups -OCH3 is 1. The van der Waals surface area contributed by atoms with Crippen LogP contribution in [0.3, 0.4) is 0 Å². The van der Waals surface area contributed by atoms with Gasteiger partial charge in [-0.2, -0.15) is 0 Å². The highest BCUT2D eigenvalue weighted by Gasteiger charge is 2.37. The van der Waals surface area contributed by atoms with Gasteiger partial charge in [0.2, 0.25) is 5.91 Å². The van der Waals surface area contributed by atoms with E-state index in [0.29, 0.717) is 28.4 Å². The highest BCUT2D eigenvalue weighted by molar-refractivity contribution is 7.91. The first kappa shape index (κ1) is 22.0. The Hall–Kier alpha value is -2.20. The van der Waals surface area contributed by atoms with E-state index in [-0.39, 0.29) is 28.3 Å². The second-order valence-corrected chi connectivity index (χ2v) is 10.8. The van der Waals surface area contributed by atoms with Crippen molar-refractivity contribution in [3.05, 3.63) is 56.9 Å². The molecule has 0 spiro atoms. The SMILES string of the molecule is COC(=O)c1c(S(=O)(=O)NC2CC2)sc2c1CCN(C(=O)/C=C/c1ccccc1Cl)C2. The fourth-order valence-electron chi connectivity index (χ4n) is 3.42. The predicted molar refractivity (Wildman–Crippen MR) is 119 cm³/mol. The Morgan fingerprint density at radius 1 is 1.29 bits per heavy atom. The van der Waals surface area contributed by atoms with E-state index < -0.39 is 16.0 Å². The third-order valence-electron chi connectivity index (χ3n) is 5.18. The molecule has 2 aliphatic rings. The minimum absolute atomic E-state index is 0.0304. The van der Waals surface area contributed by atoms with Crippen LogP contribution < -0.4 is 4.72 Å². The van der Waals surface area contributed by atoms with Crippen LogP contribution in [0.25, 0.3) is 6.08 Å². The number of sulfonamides is 1. The molecular weight excluding hydrogens is 460 g/mol. The molecule has 1 aromatic carbocycles. The second-order valence-electron chi connectivity index (χ2n) is 7.42. The van der Waals surface area contributed by atoms with Crippen molar-refractivity contribution < 1.29 is 22.7 Å². The molecule has 0 bridgehead atoms. The number of benzene rings is 1. The molecular formula is C21H21ClN2O5S2. The van der Waals surface area contributed by atoms with Crippen LogP contribution in [0, 0.1) is 0 Å². The lowest BCUT2D eigenvalue weighted by Gasteiger charge is -2.26. The van der Waals surface area contributed by atoms with Crippen LogP contribution in [0.5, 0.6) is 0 Å². The lowest BCUT2D eigenvalue weighted by Crippen LogP contribution is -2.34. The van der Waals surface area contributed by atoms with Gasteiger partial charge in [0, 0.05) is 28.6 Å².